The molecule has 4 saturated carbocycles. The number of carboxylic acid groups (broad SMARTS) is 1. The Morgan fingerprint density at radius 2 is 1.76 bits per heavy atom. The summed E-state index contributed by atoms with van der Waals surface area (Å²) in [5.74, 6) is -1.66. The smallest absolute Gasteiger partial charge is 0.355 e. The number of carbonyl (C=O) groups is 2. The first-order valence-corrected chi connectivity index (χ1v) is 19.7. The van der Waals surface area contributed by atoms with Crippen molar-refractivity contribution in [3.8, 4) is 22.4 Å². The SMILES string of the molecule is C/C=c1/ccc(-c2ccc(-c3cnn(CC45CC6(C)CC(C)(C4)CC(OCC)(C6)C5)c3C)c(C(=O)O)n2)c/c1=C(/C=N/O)C(=O)Nc1nc2ccccc2s1. The molecule has 12 heteroatoms. The van der Waals surface area contributed by atoms with Gasteiger partial charge in [0, 0.05) is 35.5 Å². The molecule has 3 N–H and O–H groups in total. The van der Waals surface area contributed by atoms with Crippen molar-refractivity contribution in [3.63, 3.8) is 0 Å². The number of thiazole rings is 1. The van der Waals surface area contributed by atoms with E-state index < -0.39 is 11.9 Å². The van der Waals surface area contributed by atoms with E-state index in [9.17, 15) is 19.9 Å². The van der Waals surface area contributed by atoms with Gasteiger partial charge in [-0.15, -0.1) is 0 Å². The number of nitrogens with zero attached hydrogens (tertiary/aromatic N) is 5. The van der Waals surface area contributed by atoms with Crippen LogP contribution < -0.4 is 15.8 Å². The number of aromatic carboxylic acids is 1. The average Bonchev–Trinajstić information content (AvgIpc) is 3.70. The molecule has 1 amide bonds. The second-order valence-corrected chi connectivity index (χ2v) is 17.7. The Bertz CT molecular complexity index is 2470. The van der Waals surface area contributed by atoms with E-state index in [2.05, 4.69) is 45.9 Å². The number of hydrogen-bond donors (Lipinski definition) is 3. The summed E-state index contributed by atoms with van der Waals surface area (Å²) in [5.41, 5.74) is 4.33. The Labute approximate surface area is 323 Å². The van der Waals surface area contributed by atoms with Crippen LogP contribution in [-0.4, -0.2) is 60.4 Å². The third-order valence-corrected chi connectivity index (χ3v) is 12.9. The number of pyridine rings is 1. The highest BCUT2D eigenvalue weighted by atomic mass is 32.1. The van der Waals surface area contributed by atoms with Crippen molar-refractivity contribution in [2.75, 3.05) is 11.9 Å². The summed E-state index contributed by atoms with van der Waals surface area (Å²) in [6.45, 7) is 12.3. The van der Waals surface area contributed by atoms with E-state index in [-0.39, 0.29) is 33.1 Å². The van der Waals surface area contributed by atoms with Crippen LogP contribution in [0.3, 0.4) is 0 Å². The molecule has 4 aliphatic carbocycles. The zero-order chi connectivity index (χ0) is 38.8. The van der Waals surface area contributed by atoms with Crippen LogP contribution in [0.5, 0.6) is 0 Å². The van der Waals surface area contributed by atoms with Crippen LogP contribution in [0.15, 0.2) is 65.9 Å². The molecule has 3 heterocycles. The fourth-order valence-corrected chi connectivity index (χ4v) is 12.1. The Morgan fingerprint density at radius 3 is 2.45 bits per heavy atom. The van der Waals surface area contributed by atoms with Gasteiger partial charge < -0.3 is 15.1 Å². The van der Waals surface area contributed by atoms with Crippen molar-refractivity contribution >= 4 is 56.4 Å². The van der Waals surface area contributed by atoms with E-state index in [4.69, 9.17) is 9.84 Å². The summed E-state index contributed by atoms with van der Waals surface area (Å²) >= 11 is 1.34. The van der Waals surface area contributed by atoms with Gasteiger partial charge in [0.05, 0.1) is 39.5 Å². The van der Waals surface area contributed by atoms with E-state index in [0.29, 0.717) is 39.0 Å². The number of oxime groups is 1. The monoisotopic (exact) mass is 758 g/mol. The number of nitrogens with one attached hydrogen (secondary N) is 1. The second-order valence-electron chi connectivity index (χ2n) is 16.7. The van der Waals surface area contributed by atoms with E-state index in [1.54, 1.807) is 24.4 Å². The van der Waals surface area contributed by atoms with Crippen LogP contribution in [-0.2, 0) is 16.1 Å². The van der Waals surface area contributed by atoms with Crippen LogP contribution in [0.25, 0.3) is 44.3 Å². The van der Waals surface area contributed by atoms with E-state index >= 15 is 0 Å². The second kappa shape index (κ2) is 13.5. The third kappa shape index (κ3) is 6.65. The van der Waals surface area contributed by atoms with Crippen molar-refractivity contribution in [3.05, 3.63) is 82.6 Å². The lowest BCUT2D eigenvalue weighted by molar-refractivity contribution is -0.246. The lowest BCUT2D eigenvalue weighted by atomic mass is 9.39. The van der Waals surface area contributed by atoms with Gasteiger partial charge in [-0.2, -0.15) is 5.10 Å². The summed E-state index contributed by atoms with van der Waals surface area (Å²) in [4.78, 5) is 35.7. The Balaban J connectivity index is 1.13. The molecule has 0 radical (unpaired) electrons. The van der Waals surface area contributed by atoms with Gasteiger partial charge in [0.25, 0.3) is 5.91 Å². The predicted molar refractivity (Wildman–Crippen MR) is 215 cm³/mol. The standard InChI is InChI=1S/C43H46N6O5S/c1-6-27-12-13-28(16-30(27)32(18-45-53)37(50)48-39-47-34-10-8-9-11-35(34)55-39)33-15-14-29(36(46-33)38(51)52)31-17-44-49(26(31)3)25-42-20-40(4)19-41(5,21-42)23-43(22-40,24-42)54-7-2/h6,8-18,53H,7,19-25H2,1-5H3,(H,51,52)(H,47,48,50)/b27-6-,32-30+,45-18+. The lowest BCUT2D eigenvalue weighted by Gasteiger charge is -2.69. The van der Waals surface area contributed by atoms with Gasteiger partial charge in [0.15, 0.2) is 10.8 Å². The molecule has 3 aromatic heterocycles. The molecule has 4 fully saturated rings. The Morgan fingerprint density at radius 1 is 1.00 bits per heavy atom. The van der Waals surface area contributed by atoms with Crippen molar-refractivity contribution in [2.45, 2.75) is 85.3 Å². The van der Waals surface area contributed by atoms with Gasteiger partial charge in [0.2, 0.25) is 0 Å². The molecule has 11 nitrogen and oxygen atoms in total. The Kier molecular flexibility index (Phi) is 9.04. The number of fused-ring (bicyclic) bond motifs is 1. The zero-order valence-corrected chi connectivity index (χ0v) is 32.7. The molecule has 5 aromatic rings. The maximum Gasteiger partial charge on any atom is 0.355 e. The molecule has 9 rings (SSSR count). The molecule has 2 atom stereocenters. The number of carbonyl (C=O) groups excluding carboxylic acids is 1. The van der Waals surface area contributed by atoms with Crippen LogP contribution in [0.2, 0.25) is 0 Å². The number of benzene rings is 2. The van der Waals surface area contributed by atoms with Gasteiger partial charge in [-0.25, -0.2) is 14.8 Å². The third-order valence-electron chi connectivity index (χ3n) is 12.0. The predicted octanol–water partition coefficient (Wildman–Crippen LogP) is 7.43. The van der Waals surface area contributed by atoms with Crippen molar-refractivity contribution in [1.82, 2.24) is 19.7 Å². The summed E-state index contributed by atoms with van der Waals surface area (Å²) < 4.78 is 9.57. The van der Waals surface area contributed by atoms with E-state index in [1.165, 1.54) is 17.8 Å². The van der Waals surface area contributed by atoms with Gasteiger partial charge in [0.1, 0.15) is 0 Å². The highest BCUT2D eigenvalue weighted by molar-refractivity contribution is 7.22. The molecule has 284 valence electrons. The Hall–Kier alpha value is -5.20. The zero-order valence-electron chi connectivity index (χ0n) is 31.8. The number of hydrogen-bond acceptors (Lipinski definition) is 9. The molecular formula is C43H46N6O5S. The van der Waals surface area contributed by atoms with Crippen molar-refractivity contribution in [1.29, 1.82) is 0 Å². The quantitative estimate of drug-likeness (QED) is 0.0756. The molecule has 2 unspecified atom stereocenters. The number of aromatic nitrogens is 4. The molecule has 0 saturated heterocycles. The molecule has 0 aliphatic heterocycles. The first kappa shape index (κ1) is 36.8. The highest BCUT2D eigenvalue weighted by Crippen LogP contribution is 2.72. The molecule has 0 spiro atoms. The number of anilines is 1. The molecule has 2 aromatic carbocycles. The summed E-state index contributed by atoms with van der Waals surface area (Å²) in [6, 6.07) is 16.6. The minimum Gasteiger partial charge on any atom is -0.476 e. The van der Waals surface area contributed by atoms with Crippen LogP contribution in [0.4, 0.5) is 5.13 Å². The largest absolute Gasteiger partial charge is 0.476 e. The summed E-state index contributed by atoms with van der Waals surface area (Å²) in [5, 5.41) is 32.6. The average molecular weight is 759 g/mol. The van der Waals surface area contributed by atoms with Gasteiger partial charge in [-0.1, -0.05) is 60.7 Å². The van der Waals surface area contributed by atoms with E-state index in [1.807, 2.05) is 56.3 Å². The number of para-hydroxylation sites is 1. The fourth-order valence-electron chi connectivity index (χ4n) is 11.2. The van der Waals surface area contributed by atoms with Crippen LogP contribution in [0.1, 0.15) is 82.4 Å². The number of ether oxygens (including phenoxy) is 1. The molecule has 4 bridgehead atoms. The number of rotatable bonds is 10. The number of carboxylic acids is 1. The first-order chi connectivity index (χ1) is 26.3. The minimum absolute atomic E-state index is 0.0564. The summed E-state index contributed by atoms with van der Waals surface area (Å²) in [7, 11) is 0. The first-order valence-electron chi connectivity index (χ1n) is 18.9. The highest BCUT2D eigenvalue weighted by Gasteiger charge is 2.66. The normalized spacial score (nSPS) is 26.6. The topological polar surface area (TPSA) is 152 Å². The van der Waals surface area contributed by atoms with Crippen LogP contribution >= 0.6 is 11.3 Å². The number of amides is 1. The molecule has 55 heavy (non-hydrogen) atoms. The van der Waals surface area contributed by atoms with Crippen molar-refractivity contribution < 1.29 is 24.6 Å². The fraction of sp³-hybridized carbons (Fsp3) is 0.395. The van der Waals surface area contributed by atoms with Crippen molar-refractivity contribution in [2.24, 2.45) is 21.4 Å². The van der Waals surface area contributed by atoms with Gasteiger partial charge in [-0.05, 0) is 116 Å². The van der Waals surface area contributed by atoms with Crippen LogP contribution in [0, 0.1) is 23.2 Å². The van der Waals surface area contributed by atoms with Gasteiger partial charge in [-0.3, -0.25) is 14.8 Å². The van der Waals surface area contributed by atoms with Gasteiger partial charge >= 0.3 is 5.97 Å². The summed E-state index contributed by atoms with van der Waals surface area (Å²) in [6.07, 6.45) is 11.5. The molecular weight excluding hydrogens is 713 g/mol. The van der Waals surface area contributed by atoms with E-state index in [0.717, 1.165) is 66.3 Å². The maximum atomic E-state index is 13.6. The lowest BCUT2D eigenvalue weighted by Crippen LogP contribution is -2.64. The maximum absolute atomic E-state index is 13.6. The minimum atomic E-state index is -1.15. The molecule has 4 aliphatic rings.